The van der Waals surface area contributed by atoms with Gasteiger partial charge in [0.25, 0.3) is 10.0 Å². The number of aliphatic hydroxyl groups excluding tert-OH is 1. The normalized spacial score (nSPS) is 17.6. The lowest BCUT2D eigenvalue weighted by molar-refractivity contribution is -0.140. The lowest BCUT2D eigenvalue weighted by atomic mass is 9.96. The Hall–Kier alpha value is -3.40. The summed E-state index contributed by atoms with van der Waals surface area (Å²) in [5, 5.41) is 22.0. The number of rotatable bonds is 7. The molecule has 40 heavy (non-hydrogen) atoms. The molecule has 15 heteroatoms. The Labute approximate surface area is 227 Å². The lowest BCUT2D eigenvalue weighted by Gasteiger charge is -2.41. The highest BCUT2D eigenvalue weighted by atomic mass is 32.2. The van der Waals surface area contributed by atoms with E-state index in [-0.39, 0.29) is 36.8 Å². The average molecular weight is 582 g/mol. The van der Waals surface area contributed by atoms with E-state index in [4.69, 9.17) is 0 Å². The second kappa shape index (κ2) is 10.5. The van der Waals surface area contributed by atoms with E-state index in [1.807, 2.05) is 6.07 Å². The van der Waals surface area contributed by atoms with E-state index in [0.717, 1.165) is 16.6 Å². The number of hydrogen-bond acceptors (Lipinski definition) is 7. The van der Waals surface area contributed by atoms with Gasteiger partial charge in [-0.2, -0.15) is 32.5 Å². The molecule has 0 aliphatic carbocycles. The molecular formula is C25H27F4N7O3S. The van der Waals surface area contributed by atoms with Crippen LogP contribution in [0, 0.1) is 12.7 Å². The molecule has 1 fully saturated rings. The molecule has 1 unspecified atom stereocenters. The van der Waals surface area contributed by atoms with E-state index in [9.17, 15) is 31.1 Å². The van der Waals surface area contributed by atoms with Crippen LogP contribution in [0.25, 0.3) is 16.6 Å². The number of fused-ring (bicyclic) bond motifs is 1. The summed E-state index contributed by atoms with van der Waals surface area (Å²) in [5.41, 5.74) is 2.70. The van der Waals surface area contributed by atoms with E-state index in [2.05, 4.69) is 15.3 Å². The largest absolute Gasteiger partial charge is 0.392 e. The fraction of sp³-hybridized carbons (Fsp3) is 0.400. The molecule has 1 aliphatic rings. The Bertz CT molecular complexity index is 1650. The highest BCUT2D eigenvalue weighted by Crippen LogP contribution is 2.34. The third-order valence-corrected chi connectivity index (χ3v) is 8.81. The number of benzene rings is 2. The van der Waals surface area contributed by atoms with E-state index in [1.165, 1.54) is 29.6 Å². The number of aliphatic hydroxyl groups is 1. The monoisotopic (exact) mass is 581 g/mol. The molecule has 1 saturated heterocycles. The summed E-state index contributed by atoms with van der Waals surface area (Å²) in [5.74, 6) is -0.543. The van der Waals surface area contributed by atoms with Gasteiger partial charge in [-0.05, 0) is 48.4 Å². The number of halogens is 4. The van der Waals surface area contributed by atoms with Crippen molar-refractivity contribution in [1.29, 1.82) is 0 Å². The van der Waals surface area contributed by atoms with Crippen LogP contribution in [-0.2, 0) is 23.7 Å². The maximum Gasteiger partial charge on any atom is 0.390 e. The van der Waals surface area contributed by atoms with Gasteiger partial charge in [0.15, 0.2) is 0 Å². The quantitative estimate of drug-likeness (QED) is 0.334. The number of piperazine rings is 1. The molecule has 3 heterocycles. The predicted octanol–water partition coefficient (Wildman–Crippen LogP) is 3.09. The fourth-order valence-corrected chi connectivity index (χ4v) is 6.33. The van der Waals surface area contributed by atoms with Crippen molar-refractivity contribution in [2.24, 2.45) is 7.05 Å². The molecule has 0 bridgehead atoms. The smallest absolute Gasteiger partial charge is 0.390 e. The molecule has 5 rings (SSSR count). The molecular weight excluding hydrogens is 554 g/mol. The zero-order valence-corrected chi connectivity index (χ0v) is 22.5. The molecule has 1 aliphatic heterocycles. The van der Waals surface area contributed by atoms with E-state index in [0.29, 0.717) is 22.2 Å². The number of sulfonamides is 1. The summed E-state index contributed by atoms with van der Waals surface area (Å²) in [7, 11) is -2.53. The number of aryl methyl sites for hydroxylation is 2. The van der Waals surface area contributed by atoms with Gasteiger partial charge >= 0.3 is 6.18 Å². The topological polar surface area (TPSA) is 109 Å². The molecule has 4 aromatic rings. The van der Waals surface area contributed by atoms with Crippen molar-refractivity contribution in [3.05, 3.63) is 65.2 Å². The maximum atomic E-state index is 13.9. The van der Waals surface area contributed by atoms with Crippen LogP contribution in [0.15, 0.2) is 47.8 Å². The van der Waals surface area contributed by atoms with Gasteiger partial charge in [0.05, 0.1) is 36.6 Å². The van der Waals surface area contributed by atoms with Crippen molar-refractivity contribution >= 4 is 20.9 Å². The first-order chi connectivity index (χ1) is 18.9. The van der Waals surface area contributed by atoms with Crippen molar-refractivity contribution < 1.29 is 31.1 Å². The molecule has 0 radical (unpaired) electrons. The second-order valence-corrected chi connectivity index (χ2v) is 11.6. The first kappa shape index (κ1) is 28.1. The van der Waals surface area contributed by atoms with Crippen LogP contribution in [0.1, 0.15) is 29.2 Å². The molecule has 2 aromatic carbocycles. The van der Waals surface area contributed by atoms with E-state index >= 15 is 0 Å². The van der Waals surface area contributed by atoms with Crippen LogP contribution in [0.5, 0.6) is 0 Å². The SMILES string of the molecule is Cc1cc2c(cnn2-c2ccc(F)c(CO)c2)cc1C1CN(S(=O)(=O)c2cnn(C)n2)CCN1CCC(F)(F)F. The van der Waals surface area contributed by atoms with Crippen LogP contribution in [-0.4, -0.2) is 79.9 Å². The van der Waals surface area contributed by atoms with Gasteiger partial charge < -0.3 is 5.11 Å². The van der Waals surface area contributed by atoms with E-state index < -0.39 is 41.1 Å². The summed E-state index contributed by atoms with van der Waals surface area (Å²) < 4.78 is 82.8. The molecule has 2 aromatic heterocycles. The fourth-order valence-electron chi connectivity index (χ4n) is 5.00. The summed E-state index contributed by atoms with van der Waals surface area (Å²) in [6.45, 7) is 1.05. The summed E-state index contributed by atoms with van der Waals surface area (Å²) in [6, 6.07) is 7.20. The van der Waals surface area contributed by atoms with Crippen LogP contribution in [0.4, 0.5) is 17.6 Å². The van der Waals surface area contributed by atoms with Crippen molar-refractivity contribution in [3.8, 4) is 5.69 Å². The number of hydrogen-bond donors (Lipinski definition) is 1. The molecule has 214 valence electrons. The summed E-state index contributed by atoms with van der Waals surface area (Å²) in [4.78, 5) is 2.78. The molecule has 1 atom stereocenters. The number of nitrogens with zero attached hydrogens (tertiary/aromatic N) is 7. The van der Waals surface area contributed by atoms with Gasteiger partial charge in [0.1, 0.15) is 5.82 Å². The molecule has 0 amide bonds. The average Bonchev–Trinajstić information content (AvgIpc) is 3.53. The summed E-state index contributed by atoms with van der Waals surface area (Å²) >= 11 is 0. The van der Waals surface area contributed by atoms with Gasteiger partial charge in [-0.3, -0.25) is 4.90 Å². The van der Waals surface area contributed by atoms with Crippen LogP contribution in [0.3, 0.4) is 0 Å². The Kier molecular flexibility index (Phi) is 7.41. The zero-order chi connectivity index (χ0) is 28.8. The van der Waals surface area contributed by atoms with Crippen molar-refractivity contribution in [3.63, 3.8) is 0 Å². The van der Waals surface area contributed by atoms with Crippen LogP contribution >= 0.6 is 0 Å². The van der Waals surface area contributed by atoms with Gasteiger partial charge in [-0.25, -0.2) is 17.5 Å². The summed E-state index contributed by atoms with van der Waals surface area (Å²) in [6.07, 6.45) is -2.67. The minimum Gasteiger partial charge on any atom is -0.392 e. The highest BCUT2D eigenvalue weighted by Gasteiger charge is 2.38. The standard InChI is InChI=1S/C25H27F4N7O3S/c1-16-9-22-17(12-31-36(22)19-3-4-21(26)18(10-19)15-37)11-20(16)23-14-35(8-7-34(23)6-5-25(27,28)29)40(38,39)24-13-30-33(2)32-24/h3-4,9-13,23,37H,5-8,14-15H2,1-2H3. The van der Waals surface area contributed by atoms with Crippen molar-refractivity contribution in [2.45, 2.75) is 37.2 Å². The van der Waals surface area contributed by atoms with Gasteiger partial charge in [0, 0.05) is 50.2 Å². The van der Waals surface area contributed by atoms with Crippen molar-refractivity contribution in [2.75, 3.05) is 26.2 Å². The van der Waals surface area contributed by atoms with Gasteiger partial charge in [0.2, 0.25) is 5.03 Å². The molecule has 0 spiro atoms. The minimum absolute atomic E-state index is 0.00421. The first-order valence-corrected chi connectivity index (χ1v) is 13.9. The van der Waals surface area contributed by atoms with Gasteiger partial charge in [-0.15, -0.1) is 5.10 Å². The van der Waals surface area contributed by atoms with E-state index in [1.54, 1.807) is 28.8 Å². The lowest BCUT2D eigenvalue weighted by Crippen LogP contribution is -2.51. The maximum absolute atomic E-state index is 13.9. The van der Waals surface area contributed by atoms with Crippen LogP contribution in [0.2, 0.25) is 0 Å². The number of alkyl halides is 3. The third-order valence-electron chi connectivity index (χ3n) is 7.08. The Balaban J connectivity index is 1.53. The minimum atomic E-state index is -4.36. The Morgan fingerprint density at radius 3 is 2.55 bits per heavy atom. The first-order valence-electron chi connectivity index (χ1n) is 12.4. The Morgan fingerprint density at radius 2 is 1.88 bits per heavy atom. The molecule has 0 saturated carbocycles. The molecule has 1 N–H and O–H groups in total. The Morgan fingerprint density at radius 1 is 1.10 bits per heavy atom. The highest BCUT2D eigenvalue weighted by molar-refractivity contribution is 7.89. The molecule has 10 nitrogen and oxygen atoms in total. The third kappa shape index (κ3) is 5.46. The number of aromatic nitrogens is 5. The van der Waals surface area contributed by atoms with Crippen molar-refractivity contribution in [1.82, 2.24) is 34.0 Å². The zero-order valence-electron chi connectivity index (χ0n) is 21.7. The predicted molar refractivity (Wildman–Crippen MR) is 136 cm³/mol. The van der Waals surface area contributed by atoms with Crippen LogP contribution < -0.4 is 0 Å². The van der Waals surface area contributed by atoms with Gasteiger partial charge in [-0.1, -0.05) is 0 Å². The second-order valence-electron chi connectivity index (χ2n) is 9.71.